The lowest BCUT2D eigenvalue weighted by atomic mass is 10.1. The summed E-state index contributed by atoms with van der Waals surface area (Å²) in [5, 5.41) is 0. The molecular weight excluding hydrogens is 469 g/mol. The molecule has 0 bridgehead atoms. The lowest BCUT2D eigenvalue weighted by Crippen LogP contribution is -2.48. The van der Waals surface area contributed by atoms with Gasteiger partial charge in [0.15, 0.2) is 0 Å². The van der Waals surface area contributed by atoms with E-state index in [4.69, 9.17) is 4.74 Å². The second-order valence-electron chi connectivity index (χ2n) is 8.84. The van der Waals surface area contributed by atoms with Crippen LogP contribution in [0.25, 0.3) is 5.65 Å². The van der Waals surface area contributed by atoms with Gasteiger partial charge in [-0.3, -0.25) is 4.79 Å². The van der Waals surface area contributed by atoms with E-state index in [1.54, 1.807) is 35.2 Å². The van der Waals surface area contributed by atoms with E-state index in [0.29, 0.717) is 49.8 Å². The van der Waals surface area contributed by atoms with Crippen molar-refractivity contribution < 1.29 is 22.7 Å². The fourth-order valence-electron chi connectivity index (χ4n) is 4.31. The first kappa shape index (κ1) is 23.7. The van der Waals surface area contributed by atoms with Crippen LogP contribution >= 0.6 is 0 Å². The Morgan fingerprint density at radius 3 is 2.44 bits per heavy atom. The molecule has 1 aliphatic rings. The summed E-state index contributed by atoms with van der Waals surface area (Å²) in [6, 6.07) is 16.2. The van der Waals surface area contributed by atoms with Gasteiger partial charge in [0.25, 0.3) is 5.91 Å². The molecule has 5 rings (SSSR count). The van der Waals surface area contributed by atoms with Crippen molar-refractivity contribution in [2.24, 2.45) is 0 Å². The van der Waals surface area contributed by atoms with Gasteiger partial charge in [0, 0.05) is 49.8 Å². The summed E-state index contributed by atoms with van der Waals surface area (Å²) in [4.78, 5) is 21.1. The van der Waals surface area contributed by atoms with E-state index in [9.17, 15) is 18.0 Å². The van der Waals surface area contributed by atoms with E-state index < -0.39 is 11.7 Å². The first-order valence-electron chi connectivity index (χ1n) is 11.6. The zero-order valence-corrected chi connectivity index (χ0v) is 19.7. The molecule has 0 saturated carbocycles. The molecule has 0 spiro atoms. The average Bonchev–Trinajstić information content (AvgIpc) is 3.29. The van der Waals surface area contributed by atoms with Gasteiger partial charge in [-0.15, -0.1) is 0 Å². The number of anilines is 1. The number of benzene rings is 2. The SMILES string of the molecule is Cc1ccc2nc(COc3ccc(C(=O)N4CCN(c5cccc(C(F)(F)F)c5)CC4)cc3)cn2c1. The number of fused-ring (bicyclic) bond motifs is 1. The molecule has 3 heterocycles. The molecule has 1 fully saturated rings. The molecule has 36 heavy (non-hydrogen) atoms. The van der Waals surface area contributed by atoms with Gasteiger partial charge in [-0.25, -0.2) is 4.98 Å². The Hall–Kier alpha value is -4.01. The Balaban J connectivity index is 1.16. The zero-order chi connectivity index (χ0) is 25.3. The van der Waals surface area contributed by atoms with Gasteiger partial charge in [-0.05, 0) is 61.0 Å². The second kappa shape index (κ2) is 9.56. The van der Waals surface area contributed by atoms with Gasteiger partial charge in [-0.1, -0.05) is 12.1 Å². The van der Waals surface area contributed by atoms with Crippen molar-refractivity contribution in [3.63, 3.8) is 0 Å². The summed E-state index contributed by atoms with van der Waals surface area (Å²) in [5.41, 5.74) is 3.19. The minimum absolute atomic E-state index is 0.110. The summed E-state index contributed by atoms with van der Waals surface area (Å²) in [6.45, 7) is 4.13. The Morgan fingerprint density at radius 2 is 1.72 bits per heavy atom. The lowest BCUT2D eigenvalue weighted by molar-refractivity contribution is -0.137. The Bertz CT molecular complexity index is 1370. The second-order valence-corrected chi connectivity index (χ2v) is 8.84. The Kier molecular flexibility index (Phi) is 6.30. The minimum atomic E-state index is -4.38. The van der Waals surface area contributed by atoms with Crippen LogP contribution in [-0.4, -0.2) is 46.4 Å². The van der Waals surface area contributed by atoms with Gasteiger partial charge >= 0.3 is 6.18 Å². The van der Waals surface area contributed by atoms with Crippen LogP contribution < -0.4 is 9.64 Å². The van der Waals surface area contributed by atoms with Crippen molar-refractivity contribution in [1.82, 2.24) is 14.3 Å². The number of amides is 1. The minimum Gasteiger partial charge on any atom is -0.487 e. The summed E-state index contributed by atoms with van der Waals surface area (Å²) < 4.78 is 46.9. The third kappa shape index (κ3) is 5.15. The highest BCUT2D eigenvalue weighted by Crippen LogP contribution is 2.32. The van der Waals surface area contributed by atoms with E-state index in [1.165, 1.54) is 6.07 Å². The molecule has 0 radical (unpaired) electrons. The summed E-state index contributed by atoms with van der Waals surface area (Å²) in [5.74, 6) is 0.523. The number of hydrogen-bond acceptors (Lipinski definition) is 4. The normalized spacial score (nSPS) is 14.3. The molecule has 9 heteroatoms. The molecule has 0 unspecified atom stereocenters. The van der Waals surface area contributed by atoms with Crippen LogP contribution in [0.3, 0.4) is 0 Å². The molecule has 1 aliphatic heterocycles. The van der Waals surface area contributed by atoms with Crippen molar-refractivity contribution in [2.75, 3.05) is 31.1 Å². The molecule has 2 aromatic carbocycles. The molecule has 186 valence electrons. The van der Waals surface area contributed by atoms with Crippen LogP contribution in [0.5, 0.6) is 5.75 Å². The predicted molar refractivity (Wildman–Crippen MR) is 130 cm³/mol. The third-order valence-corrected chi connectivity index (χ3v) is 6.24. The number of halogens is 3. The standard InChI is InChI=1S/C27H25F3N4O2/c1-19-5-10-25-31-22(17-34(25)16-19)18-36-24-8-6-20(7-9-24)26(35)33-13-11-32(12-14-33)23-4-2-3-21(15-23)27(28,29)30/h2-10,15-17H,11-14,18H2,1H3. The van der Waals surface area contributed by atoms with Gasteiger partial charge in [0.05, 0.1) is 11.3 Å². The number of carbonyl (C=O) groups is 1. The Labute approximate surface area is 206 Å². The van der Waals surface area contributed by atoms with Crippen molar-refractivity contribution in [1.29, 1.82) is 0 Å². The fourth-order valence-corrected chi connectivity index (χ4v) is 4.31. The molecular formula is C27H25F3N4O2. The fraction of sp³-hybridized carbons (Fsp3) is 0.259. The van der Waals surface area contributed by atoms with E-state index >= 15 is 0 Å². The molecule has 6 nitrogen and oxygen atoms in total. The number of piperazine rings is 1. The summed E-state index contributed by atoms with van der Waals surface area (Å²) in [6.07, 6.45) is -0.444. The van der Waals surface area contributed by atoms with Crippen LogP contribution in [-0.2, 0) is 12.8 Å². The van der Waals surface area contributed by atoms with E-state index in [2.05, 4.69) is 4.98 Å². The number of imidazole rings is 1. The number of carbonyl (C=O) groups excluding carboxylic acids is 1. The zero-order valence-electron chi connectivity index (χ0n) is 19.7. The van der Waals surface area contributed by atoms with Crippen LogP contribution in [0.1, 0.15) is 27.2 Å². The van der Waals surface area contributed by atoms with Crippen LogP contribution in [0.2, 0.25) is 0 Å². The van der Waals surface area contributed by atoms with Gasteiger partial charge in [0.1, 0.15) is 18.0 Å². The maximum absolute atomic E-state index is 13.0. The molecule has 0 N–H and O–H groups in total. The first-order valence-corrected chi connectivity index (χ1v) is 11.6. The monoisotopic (exact) mass is 494 g/mol. The van der Waals surface area contributed by atoms with Crippen molar-refractivity contribution in [2.45, 2.75) is 19.7 Å². The van der Waals surface area contributed by atoms with Crippen molar-refractivity contribution in [3.05, 3.63) is 95.4 Å². The van der Waals surface area contributed by atoms with Gasteiger partial charge < -0.3 is 18.9 Å². The lowest BCUT2D eigenvalue weighted by Gasteiger charge is -2.36. The third-order valence-electron chi connectivity index (χ3n) is 6.24. The smallest absolute Gasteiger partial charge is 0.416 e. The highest BCUT2D eigenvalue weighted by atomic mass is 19.4. The number of nitrogens with zero attached hydrogens (tertiary/aromatic N) is 4. The maximum Gasteiger partial charge on any atom is 0.416 e. The highest BCUT2D eigenvalue weighted by molar-refractivity contribution is 5.94. The van der Waals surface area contributed by atoms with Gasteiger partial charge in [-0.2, -0.15) is 13.2 Å². The maximum atomic E-state index is 13.0. The molecule has 1 amide bonds. The molecule has 0 aliphatic carbocycles. The number of ether oxygens (including phenoxy) is 1. The summed E-state index contributed by atoms with van der Waals surface area (Å²) in [7, 11) is 0. The average molecular weight is 495 g/mol. The molecule has 4 aromatic rings. The Morgan fingerprint density at radius 1 is 0.972 bits per heavy atom. The highest BCUT2D eigenvalue weighted by Gasteiger charge is 2.31. The molecule has 1 saturated heterocycles. The van der Waals surface area contributed by atoms with E-state index in [1.807, 2.05) is 40.8 Å². The topological polar surface area (TPSA) is 50.1 Å². The number of pyridine rings is 1. The quantitative estimate of drug-likeness (QED) is 0.383. The number of hydrogen-bond donors (Lipinski definition) is 0. The molecule has 0 atom stereocenters. The number of aromatic nitrogens is 2. The number of aryl methyl sites for hydroxylation is 1. The number of rotatable bonds is 5. The van der Waals surface area contributed by atoms with Gasteiger partial charge in [0.2, 0.25) is 0 Å². The van der Waals surface area contributed by atoms with E-state index in [-0.39, 0.29) is 5.91 Å². The summed E-state index contributed by atoms with van der Waals surface area (Å²) >= 11 is 0. The van der Waals surface area contributed by atoms with Crippen molar-refractivity contribution >= 4 is 17.2 Å². The van der Waals surface area contributed by atoms with E-state index in [0.717, 1.165) is 29.0 Å². The van der Waals surface area contributed by atoms with Crippen molar-refractivity contribution in [3.8, 4) is 5.75 Å². The number of alkyl halides is 3. The van der Waals surface area contributed by atoms with Crippen LogP contribution in [0.15, 0.2) is 73.1 Å². The molecule has 2 aromatic heterocycles. The first-order chi connectivity index (χ1) is 17.3. The predicted octanol–water partition coefficient (Wildman–Crippen LogP) is 5.20. The van der Waals surface area contributed by atoms with Crippen LogP contribution in [0.4, 0.5) is 18.9 Å². The van der Waals surface area contributed by atoms with Crippen LogP contribution in [0, 0.1) is 6.92 Å². The largest absolute Gasteiger partial charge is 0.487 e.